The molecule has 1 N–H and O–H groups in total. The highest BCUT2D eigenvalue weighted by molar-refractivity contribution is 7.09. The fourth-order valence-corrected chi connectivity index (χ4v) is 2.25. The van der Waals surface area contributed by atoms with Gasteiger partial charge in [0.25, 0.3) is 0 Å². The Labute approximate surface area is 106 Å². The molecule has 0 fully saturated rings. The third-order valence-corrected chi connectivity index (χ3v) is 3.38. The highest BCUT2D eigenvalue weighted by Crippen LogP contribution is 2.09. The van der Waals surface area contributed by atoms with E-state index in [0.717, 1.165) is 23.5 Å². The Kier molecular flexibility index (Phi) is 5.64. The predicted octanol–water partition coefficient (Wildman–Crippen LogP) is 2.05. The van der Waals surface area contributed by atoms with E-state index in [-0.39, 0.29) is 5.91 Å². The quantitative estimate of drug-likeness (QED) is 0.841. The highest BCUT2D eigenvalue weighted by Gasteiger charge is 2.15. The first-order valence-electron chi connectivity index (χ1n) is 5.75. The van der Waals surface area contributed by atoms with Crippen LogP contribution in [0.4, 0.5) is 0 Å². The molecule has 1 heterocycles. The zero-order chi connectivity index (χ0) is 12.7. The molecule has 5 heteroatoms. The summed E-state index contributed by atoms with van der Waals surface area (Å²) in [7, 11) is 0. The molecule has 1 rings (SSSR count). The number of rotatable bonds is 6. The van der Waals surface area contributed by atoms with E-state index in [4.69, 9.17) is 5.26 Å². The van der Waals surface area contributed by atoms with E-state index in [0.29, 0.717) is 13.0 Å². The third kappa shape index (κ3) is 4.53. The van der Waals surface area contributed by atoms with Crippen molar-refractivity contribution < 1.29 is 4.79 Å². The summed E-state index contributed by atoms with van der Waals surface area (Å²) in [5, 5.41) is 14.6. The number of hydrogen-bond acceptors (Lipinski definition) is 4. The van der Waals surface area contributed by atoms with E-state index in [9.17, 15) is 4.79 Å². The lowest BCUT2D eigenvalue weighted by Gasteiger charge is -2.08. The molecule has 0 bridgehead atoms. The average molecular weight is 251 g/mol. The zero-order valence-corrected chi connectivity index (χ0v) is 11.0. The van der Waals surface area contributed by atoms with Crippen molar-refractivity contribution in [3.8, 4) is 6.07 Å². The van der Waals surface area contributed by atoms with E-state index in [1.807, 2.05) is 25.3 Å². The third-order valence-electron chi connectivity index (χ3n) is 2.35. The second-order valence-electron chi connectivity index (χ2n) is 3.89. The van der Waals surface area contributed by atoms with Gasteiger partial charge in [-0.1, -0.05) is 13.3 Å². The van der Waals surface area contributed by atoms with Crippen LogP contribution in [-0.2, 0) is 11.2 Å². The maximum Gasteiger partial charge on any atom is 0.237 e. The molecule has 1 aromatic rings. The summed E-state index contributed by atoms with van der Waals surface area (Å²) in [5.74, 6) is -0.680. The molecule has 0 saturated carbocycles. The van der Waals surface area contributed by atoms with Crippen molar-refractivity contribution >= 4 is 17.2 Å². The predicted molar refractivity (Wildman–Crippen MR) is 67.6 cm³/mol. The molecule has 0 aliphatic carbocycles. The van der Waals surface area contributed by atoms with Gasteiger partial charge in [-0.15, -0.1) is 11.3 Å². The number of thiazole rings is 1. The average Bonchev–Trinajstić information content (AvgIpc) is 2.71. The maximum absolute atomic E-state index is 11.6. The second kappa shape index (κ2) is 7.02. The molecule has 92 valence electrons. The molecule has 0 aromatic carbocycles. The Balaban J connectivity index is 2.31. The summed E-state index contributed by atoms with van der Waals surface area (Å²) >= 11 is 1.60. The molecule has 4 nitrogen and oxygen atoms in total. The van der Waals surface area contributed by atoms with Gasteiger partial charge in [0.1, 0.15) is 5.92 Å². The Morgan fingerprint density at radius 3 is 3.00 bits per heavy atom. The van der Waals surface area contributed by atoms with Crippen LogP contribution in [0.25, 0.3) is 0 Å². The van der Waals surface area contributed by atoms with E-state index in [1.54, 1.807) is 11.3 Å². The number of nitrogens with zero attached hydrogens (tertiary/aromatic N) is 2. The minimum Gasteiger partial charge on any atom is -0.355 e. The lowest BCUT2D eigenvalue weighted by atomic mass is 10.1. The van der Waals surface area contributed by atoms with Gasteiger partial charge < -0.3 is 5.32 Å². The summed E-state index contributed by atoms with van der Waals surface area (Å²) in [6.07, 6.45) is 2.20. The van der Waals surface area contributed by atoms with Crippen molar-refractivity contribution in [1.82, 2.24) is 10.3 Å². The van der Waals surface area contributed by atoms with Crippen LogP contribution in [0.3, 0.4) is 0 Å². The van der Waals surface area contributed by atoms with Crippen molar-refractivity contribution in [3.63, 3.8) is 0 Å². The SMILES string of the molecule is CCCC(C#N)C(=O)NCCc1nc(C)cs1. The topological polar surface area (TPSA) is 65.8 Å². The Hall–Kier alpha value is -1.41. The van der Waals surface area contributed by atoms with Crippen LogP contribution in [0.2, 0.25) is 0 Å². The number of aromatic nitrogens is 1. The van der Waals surface area contributed by atoms with Crippen molar-refractivity contribution in [3.05, 3.63) is 16.1 Å². The van der Waals surface area contributed by atoms with Gasteiger partial charge in [0.15, 0.2) is 0 Å². The Bertz CT molecular complexity index is 408. The van der Waals surface area contributed by atoms with Crippen molar-refractivity contribution in [2.75, 3.05) is 6.54 Å². The molecule has 1 aromatic heterocycles. The first-order valence-corrected chi connectivity index (χ1v) is 6.63. The zero-order valence-electron chi connectivity index (χ0n) is 10.2. The number of hydrogen-bond donors (Lipinski definition) is 1. The smallest absolute Gasteiger partial charge is 0.237 e. The maximum atomic E-state index is 11.6. The minimum atomic E-state index is -0.516. The summed E-state index contributed by atoms with van der Waals surface area (Å²) in [6.45, 7) is 4.47. The Morgan fingerprint density at radius 1 is 1.71 bits per heavy atom. The number of nitrogens with one attached hydrogen (secondary N) is 1. The van der Waals surface area contributed by atoms with Gasteiger partial charge in [-0.3, -0.25) is 4.79 Å². The van der Waals surface area contributed by atoms with Crippen LogP contribution in [0.1, 0.15) is 30.5 Å². The highest BCUT2D eigenvalue weighted by atomic mass is 32.1. The van der Waals surface area contributed by atoms with E-state index < -0.39 is 5.92 Å². The molecule has 0 aliphatic rings. The normalized spacial score (nSPS) is 11.8. The van der Waals surface area contributed by atoms with Crippen molar-refractivity contribution in [1.29, 1.82) is 5.26 Å². The van der Waals surface area contributed by atoms with E-state index in [2.05, 4.69) is 10.3 Å². The van der Waals surface area contributed by atoms with E-state index >= 15 is 0 Å². The monoisotopic (exact) mass is 251 g/mol. The molecule has 1 amide bonds. The van der Waals surface area contributed by atoms with Crippen LogP contribution in [0, 0.1) is 24.2 Å². The van der Waals surface area contributed by atoms with Crippen LogP contribution >= 0.6 is 11.3 Å². The van der Waals surface area contributed by atoms with Crippen molar-refractivity contribution in [2.45, 2.75) is 33.1 Å². The molecular formula is C12H17N3OS. The summed E-state index contributed by atoms with van der Waals surface area (Å²) in [6, 6.07) is 2.03. The number of aryl methyl sites for hydroxylation is 1. The number of nitriles is 1. The lowest BCUT2D eigenvalue weighted by Crippen LogP contribution is -2.31. The number of amides is 1. The molecule has 1 unspecified atom stereocenters. The van der Waals surface area contributed by atoms with Gasteiger partial charge in [-0.2, -0.15) is 5.26 Å². The van der Waals surface area contributed by atoms with Gasteiger partial charge in [0, 0.05) is 24.0 Å². The second-order valence-corrected chi connectivity index (χ2v) is 4.84. The van der Waals surface area contributed by atoms with Gasteiger partial charge in [0.05, 0.1) is 11.1 Å². The minimum absolute atomic E-state index is 0.164. The van der Waals surface area contributed by atoms with Crippen LogP contribution in [0.5, 0.6) is 0 Å². The molecule has 0 aliphatic heterocycles. The van der Waals surface area contributed by atoms with Gasteiger partial charge in [-0.25, -0.2) is 4.98 Å². The van der Waals surface area contributed by atoms with Crippen LogP contribution in [0.15, 0.2) is 5.38 Å². The van der Waals surface area contributed by atoms with E-state index in [1.165, 1.54) is 0 Å². The number of carbonyl (C=O) groups excluding carboxylic acids is 1. The molecule has 0 saturated heterocycles. The van der Waals surface area contributed by atoms with Gasteiger partial charge >= 0.3 is 0 Å². The lowest BCUT2D eigenvalue weighted by molar-refractivity contribution is -0.123. The fourth-order valence-electron chi connectivity index (χ4n) is 1.48. The van der Waals surface area contributed by atoms with Crippen LogP contribution in [-0.4, -0.2) is 17.4 Å². The van der Waals surface area contributed by atoms with Gasteiger partial charge in [0.2, 0.25) is 5.91 Å². The first-order chi connectivity index (χ1) is 8.17. The fraction of sp³-hybridized carbons (Fsp3) is 0.583. The summed E-state index contributed by atoms with van der Waals surface area (Å²) in [5.41, 5.74) is 1.01. The summed E-state index contributed by atoms with van der Waals surface area (Å²) in [4.78, 5) is 15.9. The first kappa shape index (κ1) is 13.7. The number of carbonyl (C=O) groups is 1. The standard InChI is InChI=1S/C12H17N3OS/c1-3-4-10(7-13)12(16)14-6-5-11-15-9(2)8-17-11/h8,10H,3-6H2,1-2H3,(H,14,16). The van der Waals surface area contributed by atoms with Gasteiger partial charge in [-0.05, 0) is 13.3 Å². The molecule has 17 heavy (non-hydrogen) atoms. The summed E-state index contributed by atoms with van der Waals surface area (Å²) < 4.78 is 0. The molecule has 0 spiro atoms. The Morgan fingerprint density at radius 2 is 2.47 bits per heavy atom. The molecule has 0 radical (unpaired) electrons. The molecule has 1 atom stereocenters. The van der Waals surface area contributed by atoms with Crippen LogP contribution < -0.4 is 5.32 Å². The molecular weight excluding hydrogens is 234 g/mol. The van der Waals surface area contributed by atoms with Crippen molar-refractivity contribution in [2.24, 2.45) is 5.92 Å². The largest absolute Gasteiger partial charge is 0.355 e.